The molecule has 0 aromatic rings. The molecule has 2 heterocycles. The first kappa shape index (κ1) is 14.7. The van der Waals surface area contributed by atoms with E-state index in [0.717, 1.165) is 0 Å². The predicted octanol–water partition coefficient (Wildman–Crippen LogP) is 3.12. The molecule has 0 amide bonds. The lowest BCUT2D eigenvalue weighted by Gasteiger charge is -2.51. The second-order valence-corrected chi connectivity index (χ2v) is 8.06. The minimum atomic E-state index is -0.432. The molecule has 0 spiro atoms. The summed E-state index contributed by atoms with van der Waals surface area (Å²) >= 11 is 0. The molecule has 0 aromatic carbocycles. The summed E-state index contributed by atoms with van der Waals surface area (Å²) in [5.74, 6) is 1.21. The van der Waals surface area contributed by atoms with Crippen molar-refractivity contribution in [1.82, 2.24) is 0 Å². The third-order valence-corrected chi connectivity index (χ3v) is 8.00. The van der Waals surface area contributed by atoms with Crippen LogP contribution in [0, 0.1) is 34.5 Å². The van der Waals surface area contributed by atoms with E-state index in [4.69, 9.17) is 14.2 Å². The van der Waals surface area contributed by atoms with Crippen molar-refractivity contribution in [3.63, 3.8) is 0 Å². The monoisotopic (exact) mass is 306 g/mol. The fraction of sp³-hybridized carbons (Fsp3) is 0.833. The molecular formula is C18H26O4. The van der Waals surface area contributed by atoms with E-state index in [1.807, 2.05) is 0 Å². The maximum Gasteiger partial charge on any atom is 0.308 e. The molecule has 2 aliphatic carbocycles. The number of hydrogen-bond donors (Lipinski definition) is 0. The Morgan fingerprint density at radius 2 is 1.73 bits per heavy atom. The highest BCUT2D eigenvalue weighted by Gasteiger charge is 2.74. The summed E-state index contributed by atoms with van der Waals surface area (Å²) in [6.07, 6.45) is -0.249. The molecule has 22 heavy (non-hydrogen) atoms. The number of esters is 1. The van der Waals surface area contributed by atoms with Gasteiger partial charge >= 0.3 is 5.97 Å². The molecule has 0 N–H and O–H groups in total. The number of fused-ring (bicyclic) bond motifs is 7. The first-order valence-corrected chi connectivity index (χ1v) is 8.34. The molecular weight excluding hydrogens is 280 g/mol. The molecule has 4 nitrogen and oxygen atoms in total. The largest absolute Gasteiger partial charge is 0.435 e. The van der Waals surface area contributed by atoms with E-state index in [-0.39, 0.29) is 34.9 Å². The lowest BCUT2D eigenvalue weighted by molar-refractivity contribution is -0.300. The van der Waals surface area contributed by atoms with Gasteiger partial charge in [-0.05, 0) is 36.5 Å². The van der Waals surface area contributed by atoms with Gasteiger partial charge in [0.05, 0.1) is 6.42 Å². The van der Waals surface area contributed by atoms with Crippen LogP contribution in [0.4, 0.5) is 0 Å². The second kappa shape index (κ2) is 4.15. The van der Waals surface area contributed by atoms with Crippen molar-refractivity contribution >= 4 is 5.97 Å². The number of rotatable bonds is 1. The molecule has 4 heteroatoms. The number of carbonyl (C=O) groups is 1. The first-order chi connectivity index (χ1) is 10.3. The number of hydrogen-bond acceptors (Lipinski definition) is 4. The summed E-state index contributed by atoms with van der Waals surface area (Å²) in [5, 5.41) is 0. The Kier molecular flexibility index (Phi) is 2.77. The predicted molar refractivity (Wildman–Crippen MR) is 80.6 cm³/mol. The van der Waals surface area contributed by atoms with E-state index in [1.165, 1.54) is 11.1 Å². The minimum absolute atomic E-state index is 0.0702. The van der Waals surface area contributed by atoms with Crippen molar-refractivity contribution in [3.8, 4) is 0 Å². The van der Waals surface area contributed by atoms with E-state index in [0.29, 0.717) is 18.3 Å². The lowest BCUT2D eigenvalue weighted by atomic mass is 9.59. The van der Waals surface area contributed by atoms with Crippen LogP contribution in [0.1, 0.15) is 41.0 Å². The van der Waals surface area contributed by atoms with Gasteiger partial charge in [-0.3, -0.25) is 4.79 Å². The minimum Gasteiger partial charge on any atom is -0.435 e. The Labute approximate surface area is 132 Å². The molecule has 8 atom stereocenters. The van der Waals surface area contributed by atoms with Crippen LogP contribution in [0.15, 0.2) is 11.1 Å². The van der Waals surface area contributed by atoms with Crippen LogP contribution in [0.5, 0.6) is 0 Å². The molecule has 122 valence electrons. The molecule has 4 aliphatic rings. The van der Waals surface area contributed by atoms with E-state index in [1.54, 1.807) is 7.11 Å². The third kappa shape index (κ3) is 1.32. The van der Waals surface area contributed by atoms with Gasteiger partial charge in [-0.1, -0.05) is 31.9 Å². The van der Waals surface area contributed by atoms with Crippen molar-refractivity contribution in [1.29, 1.82) is 0 Å². The fourth-order valence-corrected chi connectivity index (χ4v) is 6.46. The molecule has 4 rings (SSSR count). The van der Waals surface area contributed by atoms with Crippen LogP contribution >= 0.6 is 0 Å². The van der Waals surface area contributed by atoms with E-state index in [9.17, 15) is 4.79 Å². The van der Waals surface area contributed by atoms with Gasteiger partial charge in [0.15, 0.2) is 6.29 Å². The Morgan fingerprint density at radius 1 is 1.14 bits per heavy atom. The molecule has 1 saturated carbocycles. The molecule has 0 unspecified atom stereocenters. The van der Waals surface area contributed by atoms with Gasteiger partial charge in [-0.2, -0.15) is 0 Å². The van der Waals surface area contributed by atoms with Crippen molar-refractivity contribution in [2.45, 2.75) is 53.6 Å². The highest BCUT2D eigenvalue weighted by molar-refractivity contribution is 5.72. The molecule has 0 radical (unpaired) electrons. The Balaban J connectivity index is 1.90. The maximum atomic E-state index is 11.9. The van der Waals surface area contributed by atoms with Crippen molar-refractivity contribution in [3.05, 3.63) is 11.1 Å². The zero-order valence-corrected chi connectivity index (χ0v) is 14.3. The summed E-state index contributed by atoms with van der Waals surface area (Å²) in [7, 11) is 1.70. The maximum absolute atomic E-state index is 11.9. The number of carbonyl (C=O) groups excluding carboxylic acids is 1. The smallest absolute Gasteiger partial charge is 0.308 e. The van der Waals surface area contributed by atoms with Gasteiger partial charge in [0.1, 0.15) is 0 Å². The van der Waals surface area contributed by atoms with Crippen LogP contribution in [0.2, 0.25) is 0 Å². The molecule has 2 saturated heterocycles. The van der Waals surface area contributed by atoms with Crippen LogP contribution in [0.3, 0.4) is 0 Å². The van der Waals surface area contributed by atoms with Gasteiger partial charge < -0.3 is 14.2 Å². The van der Waals surface area contributed by atoms with Crippen LogP contribution in [-0.4, -0.2) is 25.7 Å². The number of methoxy groups -OCH3 is 1. The average molecular weight is 306 g/mol. The van der Waals surface area contributed by atoms with Crippen LogP contribution in [-0.2, 0) is 19.0 Å². The van der Waals surface area contributed by atoms with Crippen molar-refractivity contribution in [2.24, 2.45) is 34.5 Å². The average Bonchev–Trinajstić information content (AvgIpc) is 2.98. The topological polar surface area (TPSA) is 44.8 Å². The SMILES string of the molecule is CO[C@@H]1O[C@@H]2OC(=O)C[C@@H]2[C@@H]2[C@H]1[C@]1(C)C(C)=C(C)[C@@]2(C)[C@H]1C. The fourth-order valence-electron chi connectivity index (χ4n) is 6.46. The Hall–Kier alpha value is -0.870. The van der Waals surface area contributed by atoms with Gasteiger partial charge in [-0.25, -0.2) is 0 Å². The van der Waals surface area contributed by atoms with E-state index >= 15 is 0 Å². The van der Waals surface area contributed by atoms with E-state index in [2.05, 4.69) is 34.6 Å². The highest BCUT2D eigenvalue weighted by Crippen LogP contribution is 2.76. The summed E-state index contributed by atoms with van der Waals surface area (Å²) < 4.78 is 17.2. The first-order valence-electron chi connectivity index (χ1n) is 8.34. The van der Waals surface area contributed by atoms with Gasteiger partial charge in [-0.15, -0.1) is 0 Å². The lowest BCUT2D eigenvalue weighted by Crippen LogP contribution is -2.53. The van der Waals surface area contributed by atoms with Gasteiger partial charge in [0.25, 0.3) is 0 Å². The summed E-state index contributed by atoms with van der Waals surface area (Å²) in [5.41, 5.74) is 3.15. The van der Waals surface area contributed by atoms with Crippen LogP contribution < -0.4 is 0 Å². The zero-order chi connectivity index (χ0) is 16.0. The third-order valence-electron chi connectivity index (χ3n) is 8.00. The van der Waals surface area contributed by atoms with E-state index < -0.39 is 6.29 Å². The van der Waals surface area contributed by atoms with Crippen molar-refractivity contribution in [2.75, 3.05) is 7.11 Å². The molecule has 0 aromatic heterocycles. The summed E-state index contributed by atoms with van der Waals surface area (Å²) in [6, 6.07) is 0. The zero-order valence-electron chi connectivity index (χ0n) is 14.3. The Morgan fingerprint density at radius 3 is 2.32 bits per heavy atom. The number of ether oxygens (including phenoxy) is 3. The quantitative estimate of drug-likeness (QED) is 0.551. The summed E-state index contributed by atoms with van der Waals surface area (Å²) in [6.45, 7) is 11.6. The molecule has 2 aliphatic heterocycles. The normalized spacial score (nSPS) is 56.2. The van der Waals surface area contributed by atoms with Crippen molar-refractivity contribution < 1.29 is 19.0 Å². The molecule has 3 fully saturated rings. The van der Waals surface area contributed by atoms with Gasteiger partial charge in [0, 0.05) is 18.9 Å². The highest BCUT2D eigenvalue weighted by atomic mass is 16.8. The second-order valence-electron chi connectivity index (χ2n) is 8.06. The Bertz CT molecular complexity index is 582. The van der Waals surface area contributed by atoms with Crippen LogP contribution in [0.25, 0.3) is 0 Å². The molecule has 2 bridgehead atoms. The summed E-state index contributed by atoms with van der Waals surface area (Å²) in [4.78, 5) is 11.9. The standard InChI is InChI=1S/C18H26O4/c1-8-9(2)18(5)10(3)17(8,4)13-11-7-12(19)21-15(11)22-16(20-6)14(13)18/h10-11,13-16H,7H2,1-6H3/t10-,11-,13-,14-,15+,16-,17+,18-/m1/s1. The number of allylic oxidation sites excluding steroid dienone is 2. The van der Waals surface area contributed by atoms with Gasteiger partial charge in [0.2, 0.25) is 6.29 Å².